The smallest absolute Gasteiger partial charge is 0.407 e. The lowest BCUT2D eigenvalue weighted by Gasteiger charge is -2.20. The number of Topliss-reactive ketones (excluding diaryl/α,β-unsaturated/α-hetero) is 1. The summed E-state index contributed by atoms with van der Waals surface area (Å²) in [5, 5.41) is 5.42. The molecule has 0 radical (unpaired) electrons. The van der Waals surface area contributed by atoms with E-state index in [-0.39, 0.29) is 18.1 Å². The van der Waals surface area contributed by atoms with Crippen LogP contribution < -0.4 is 15.4 Å². The zero-order valence-electron chi connectivity index (χ0n) is 22.8. The maximum atomic E-state index is 13.1. The highest BCUT2D eigenvalue weighted by Crippen LogP contribution is 2.19. The van der Waals surface area contributed by atoms with Crippen LogP contribution in [0.15, 0.2) is 36.9 Å². The molecule has 0 bridgehead atoms. The van der Waals surface area contributed by atoms with Crippen LogP contribution in [0.4, 0.5) is 4.79 Å². The monoisotopic (exact) mass is 518 g/mol. The largest absolute Gasteiger partial charge is 0.490 e. The van der Waals surface area contributed by atoms with Gasteiger partial charge in [-0.1, -0.05) is 37.6 Å². The summed E-state index contributed by atoms with van der Waals surface area (Å²) in [6.45, 7) is 11.2. The number of methoxy groups -OCH3 is 1. The first kappa shape index (κ1) is 31.7. The van der Waals surface area contributed by atoms with Gasteiger partial charge < -0.3 is 24.8 Å². The van der Waals surface area contributed by atoms with Crippen LogP contribution in [0.2, 0.25) is 0 Å². The standard InChI is InChI=1S/C28H42N2O7/c1-7-17-36-23-14-12-21(13-15-23)18-24(30-20(2)31)25(32)19-22(26(33)35-6)11-9-8-10-16-29-27(34)37-28(3,4)5/h7,12-15,22,24H,1,8-11,16-19H2,2-6H3,(H,29,34)(H,30,31)/t22-,24+/m1/s1. The van der Waals surface area contributed by atoms with Crippen LogP contribution in [0.3, 0.4) is 0 Å². The minimum absolute atomic E-state index is 0.0334. The molecule has 1 aromatic carbocycles. The van der Waals surface area contributed by atoms with Crippen molar-refractivity contribution in [2.75, 3.05) is 20.3 Å². The van der Waals surface area contributed by atoms with Crippen molar-refractivity contribution < 1.29 is 33.4 Å². The maximum Gasteiger partial charge on any atom is 0.407 e. The third-order valence-electron chi connectivity index (χ3n) is 5.38. The molecule has 1 aromatic rings. The number of carbonyl (C=O) groups excluding carboxylic acids is 4. The summed E-state index contributed by atoms with van der Waals surface area (Å²) in [6.07, 6.45) is 4.06. The Labute approximate surface area is 220 Å². The number of esters is 1. The quantitative estimate of drug-likeness (QED) is 0.192. The van der Waals surface area contributed by atoms with Crippen LogP contribution in [0, 0.1) is 5.92 Å². The molecule has 9 nitrogen and oxygen atoms in total. The molecular weight excluding hydrogens is 476 g/mol. The van der Waals surface area contributed by atoms with Crippen LogP contribution in [0.5, 0.6) is 5.75 Å². The number of ether oxygens (including phenoxy) is 3. The number of carbonyl (C=O) groups is 4. The third kappa shape index (κ3) is 14.1. The number of hydrogen-bond donors (Lipinski definition) is 2. The fourth-order valence-electron chi connectivity index (χ4n) is 3.66. The molecule has 0 saturated heterocycles. The molecule has 0 spiro atoms. The first-order chi connectivity index (χ1) is 17.4. The van der Waals surface area contributed by atoms with E-state index in [0.29, 0.717) is 44.6 Å². The van der Waals surface area contributed by atoms with E-state index < -0.39 is 29.6 Å². The second-order valence-corrected chi connectivity index (χ2v) is 9.87. The Morgan fingerprint density at radius 3 is 2.30 bits per heavy atom. The van der Waals surface area contributed by atoms with Crippen LogP contribution in [-0.2, 0) is 30.3 Å². The molecule has 206 valence electrons. The molecule has 0 aliphatic carbocycles. The Bertz CT molecular complexity index is 891. The van der Waals surface area contributed by atoms with Gasteiger partial charge in [0.05, 0.1) is 19.1 Å². The average molecular weight is 519 g/mol. The second-order valence-electron chi connectivity index (χ2n) is 9.87. The Morgan fingerprint density at radius 2 is 1.73 bits per heavy atom. The number of rotatable bonds is 16. The molecule has 0 fully saturated rings. The number of hydrogen-bond acceptors (Lipinski definition) is 7. The van der Waals surface area contributed by atoms with Gasteiger partial charge in [0, 0.05) is 19.9 Å². The summed E-state index contributed by atoms with van der Waals surface area (Å²) < 4.78 is 15.6. The van der Waals surface area contributed by atoms with Crippen molar-refractivity contribution in [2.45, 2.75) is 77.9 Å². The summed E-state index contributed by atoms with van der Waals surface area (Å²) in [5.74, 6) is -0.938. The first-order valence-corrected chi connectivity index (χ1v) is 12.6. The highest BCUT2D eigenvalue weighted by molar-refractivity contribution is 5.91. The van der Waals surface area contributed by atoms with E-state index in [0.717, 1.165) is 12.0 Å². The van der Waals surface area contributed by atoms with E-state index in [1.54, 1.807) is 39.0 Å². The minimum atomic E-state index is -0.761. The van der Waals surface area contributed by atoms with Crippen molar-refractivity contribution in [3.05, 3.63) is 42.5 Å². The maximum absolute atomic E-state index is 13.1. The Kier molecular flexibility index (Phi) is 14.0. The van der Waals surface area contributed by atoms with Crippen molar-refractivity contribution in [1.82, 2.24) is 10.6 Å². The van der Waals surface area contributed by atoms with Crippen LogP contribution >= 0.6 is 0 Å². The van der Waals surface area contributed by atoms with E-state index in [1.807, 2.05) is 12.1 Å². The summed E-state index contributed by atoms with van der Waals surface area (Å²) in [4.78, 5) is 49.0. The van der Waals surface area contributed by atoms with Crippen LogP contribution in [-0.4, -0.2) is 55.7 Å². The zero-order valence-corrected chi connectivity index (χ0v) is 22.8. The molecule has 2 atom stereocenters. The van der Waals surface area contributed by atoms with Gasteiger partial charge in [-0.25, -0.2) is 4.79 Å². The van der Waals surface area contributed by atoms with Gasteiger partial charge in [-0.2, -0.15) is 0 Å². The molecule has 0 saturated carbocycles. The number of nitrogens with one attached hydrogen (secondary N) is 2. The molecule has 0 unspecified atom stereocenters. The molecule has 0 aromatic heterocycles. The number of unbranched alkanes of at least 4 members (excludes halogenated alkanes) is 2. The Morgan fingerprint density at radius 1 is 1.05 bits per heavy atom. The number of alkyl carbamates (subject to hydrolysis) is 1. The lowest BCUT2D eigenvalue weighted by atomic mass is 9.91. The van der Waals surface area contributed by atoms with Gasteiger partial charge >= 0.3 is 12.1 Å². The topological polar surface area (TPSA) is 120 Å². The fourth-order valence-corrected chi connectivity index (χ4v) is 3.66. The predicted molar refractivity (Wildman–Crippen MR) is 141 cm³/mol. The van der Waals surface area contributed by atoms with Gasteiger partial charge in [0.2, 0.25) is 5.91 Å². The zero-order chi connectivity index (χ0) is 27.8. The van der Waals surface area contributed by atoms with E-state index in [9.17, 15) is 19.2 Å². The third-order valence-corrected chi connectivity index (χ3v) is 5.38. The molecule has 0 heterocycles. The van der Waals surface area contributed by atoms with Gasteiger partial charge in [-0.05, 0) is 57.7 Å². The van der Waals surface area contributed by atoms with Gasteiger partial charge in [0.25, 0.3) is 0 Å². The van der Waals surface area contributed by atoms with Gasteiger partial charge in [-0.15, -0.1) is 0 Å². The second kappa shape index (κ2) is 16.4. The van der Waals surface area contributed by atoms with Gasteiger partial charge in [0.15, 0.2) is 5.78 Å². The Balaban J connectivity index is 2.64. The molecule has 2 N–H and O–H groups in total. The number of ketones is 1. The summed E-state index contributed by atoms with van der Waals surface area (Å²) >= 11 is 0. The van der Waals surface area contributed by atoms with Crippen molar-refractivity contribution in [3.63, 3.8) is 0 Å². The van der Waals surface area contributed by atoms with E-state index in [4.69, 9.17) is 14.2 Å². The molecule has 37 heavy (non-hydrogen) atoms. The van der Waals surface area contributed by atoms with E-state index in [1.165, 1.54) is 14.0 Å². The molecule has 0 aliphatic rings. The van der Waals surface area contributed by atoms with Gasteiger partial charge in [0.1, 0.15) is 18.0 Å². The lowest BCUT2D eigenvalue weighted by Crippen LogP contribution is -2.42. The van der Waals surface area contributed by atoms with E-state index >= 15 is 0 Å². The van der Waals surface area contributed by atoms with Gasteiger partial charge in [-0.3, -0.25) is 14.4 Å². The highest BCUT2D eigenvalue weighted by Gasteiger charge is 2.27. The number of amides is 2. The molecule has 0 aliphatic heterocycles. The number of benzene rings is 1. The SMILES string of the molecule is C=CCOc1ccc(C[C@H](NC(C)=O)C(=O)C[C@@H](CCCCCNC(=O)OC(C)(C)C)C(=O)OC)cc1. The van der Waals surface area contributed by atoms with E-state index in [2.05, 4.69) is 17.2 Å². The first-order valence-electron chi connectivity index (χ1n) is 12.6. The van der Waals surface area contributed by atoms with Crippen molar-refractivity contribution in [1.29, 1.82) is 0 Å². The molecular formula is C28H42N2O7. The normalized spacial score (nSPS) is 12.6. The predicted octanol–water partition coefficient (Wildman–Crippen LogP) is 4.13. The van der Waals surface area contributed by atoms with Crippen LogP contribution in [0.25, 0.3) is 0 Å². The lowest BCUT2D eigenvalue weighted by molar-refractivity contribution is -0.147. The minimum Gasteiger partial charge on any atom is -0.490 e. The average Bonchev–Trinajstić information content (AvgIpc) is 2.82. The fraction of sp³-hybridized carbons (Fsp3) is 0.571. The van der Waals surface area contributed by atoms with Crippen molar-refractivity contribution in [2.24, 2.45) is 5.92 Å². The molecule has 9 heteroatoms. The van der Waals surface area contributed by atoms with Crippen molar-refractivity contribution >= 4 is 23.8 Å². The Hall–Kier alpha value is -3.36. The summed E-state index contributed by atoms with van der Waals surface area (Å²) in [5.41, 5.74) is 0.299. The molecule has 1 rings (SSSR count). The van der Waals surface area contributed by atoms with Crippen LogP contribution in [0.1, 0.15) is 65.4 Å². The summed E-state index contributed by atoms with van der Waals surface area (Å²) in [7, 11) is 1.30. The highest BCUT2D eigenvalue weighted by atomic mass is 16.6. The summed E-state index contributed by atoms with van der Waals surface area (Å²) in [6, 6.07) is 6.50. The van der Waals surface area contributed by atoms with Crippen molar-refractivity contribution in [3.8, 4) is 5.75 Å². The molecule has 2 amide bonds.